The average Bonchev–Trinajstić information content (AvgIpc) is 3.49. The number of rotatable bonds is 7. The van der Waals surface area contributed by atoms with E-state index in [0.717, 1.165) is 27.6 Å². The number of benzene rings is 1. The van der Waals surface area contributed by atoms with E-state index in [0.29, 0.717) is 30.8 Å². The number of likely N-dealkylation sites (tertiary alicyclic amines) is 1. The van der Waals surface area contributed by atoms with E-state index in [2.05, 4.69) is 10.3 Å². The van der Waals surface area contributed by atoms with Gasteiger partial charge in [0.1, 0.15) is 6.04 Å². The van der Waals surface area contributed by atoms with Gasteiger partial charge in [-0.3, -0.25) is 19.3 Å². The first-order valence-electron chi connectivity index (χ1n) is 12.0. The molecule has 1 N–H and O–H groups in total. The topological polar surface area (TPSA) is 97.8 Å². The molecule has 0 radical (unpaired) electrons. The number of carbonyl (C=O) groups excluding carboxylic acids is 3. The maximum atomic E-state index is 13.4. The third kappa shape index (κ3) is 4.57. The Hall–Kier alpha value is -3.20. The Kier molecular flexibility index (Phi) is 6.35. The van der Waals surface area contributed by atoms with Gasteiger partial charge < -0.3 is 14.8 Å². The van der Waals surface area contributed by atoms with Gasteiger partial charge in [0, 0.05) is 11.3 Å². The predicted molar refractivity (Wildman–Crippen MR) is 131 cm³/mol. The van der Waals surface area contributed by atoms with Crippen molar-refractivity contribution in [1.29, 1.82) is 0 Å². The maximum Gasteiger partial charge on any atom is 0.249 e. The van der Waals surface area contributed by atoms with Crippen LogP contribution in [0.4, 0.5) is 5.13 Å². The van der Waals surface area contributed by atoms with Crippen LogP contribution in [0, 0.1) is 24.7 Å². The highest BCUT2D eigenvalue weighted by molar-refractivity contribution is 7.15. The second kappa shape index (κ2) is 9.45. The van der Waals surface area contributed by atoms with E-state index in [4.69, 9.17) is 9.47 Å². The van der Waals surface area contributed by atoms with Crippen LogP contribution in [0.25, 0.3) is 0 Å². The molecule has 8 nitrogen and oxygen atoms in total. The van der Waals surface area contributed by atoms with Gasteiger partial charge in [0.25, 0.3) is 0 Å². The fourth-order valence-corrected chi connectivity index (χ4v) is 5.98. The van der Waals surface area contributed by atoms with Gasteiger partial charge in [-0.1, -0.05) is 32.1 Å². The summed E-state index contributed by atoms with van der Waals surface area (Å²) in [5.74, 6) is 0.0526. The lowest BCUT2D eigenvalue weighted by Gasteiger charge is -2.27. The van der Waals surface area contributed by atoms with Crippen LogP contribution in [0.15, 0.2) is 30.4 Å². The van der Waals surface area contributed by atoms with Gasteiger partial charge in [-0.25, -0.2) is 4.98 Å². The molecule has 1 aliphatic carbocycles. The number of amides is 3. The lowest BCUT2D eigenvalue weighted by Crippen LogP contribution is -2.48. The van der Waals surface area contributed by atoms with Crippen molar-refractivity contribution in [2.45, 2.75) is 52.5 Å². The van der Waals surface area contributed by atoms with Crippen molar-refractivity contribution in [2.24, 2.45) is 17.8 Å². The molecule has 1 aromatic heterocycles. The largest absolute Gasteiger partial charge is 0.454 e. The number of nitrogens with one attached hydrogen (secondary N) is 1. The van der Waals surface area contributed by atoms with Gasteiger partial charge in [0.2, 0.25) is 24.5 Å². The number of fused-ring (bicyclic) bond motifs is 2. The lowest BCUT2D eigenvalue weighted by atomic mass is 9.85. The minimum absolute atomic E-state index is 0.131. The molecule has 0 spiro atoms. The Balaban J connectivity index is 1.32. The summed E-state index contributed by atoms with van der Waals surface area (Å²) in [6.07, 6.45) is 6.06. The summed E-state index contributed by atoms with van der Waals surface area (Å²) in [7, 11) is 0. The molecule has 184 valence electrons. The molecule has 1 aromatic carbocycles. The quantitative estimate of drug-likeness (QED) is 0.459. The molecular formula is C26H29N3O5S. The van der Waals surface area contributed by atoms with Crippen molar-refractivity contribution < 1.29 is 23.9 Å². The molecule has 35 heavy (non-hydrogen) atoms. The molecule has 3 atom stereocenters. The molecule has 1 fully saturated rings. The minimum atomic E-state index is -0.845. The third-order valence-corrected chi connectivity index (χ3v) is 7.85. The summed E-state index contributed by atoms with van der Waals surface area (Å²) >= 11 is 1.40. The SMILES string of the molecule is Cc1nc(NC(=O)C(CC(C)C)N2C(=O)C3CC=CCC3C2=O)sc1Cc1ccc2c(c1)OCO2. The highest BCUT2D eigenvalue weighted by Gasteiger charge is 2.51. The van der Waals surface area contributed by atoms with Crippen LogP contribution in [0.2, 0.25) is 0 Å². The Morgan fingerprint density at radius 2 is 1.83 bits per heavy atom. The van der Waals surface area contributed by atoms with Crippen molar-refractivity contribution in [1.82, 2.24) is 9.88 Å². The van der Waals surface area contributed by atoms with Crippen molar-refractivity contribution in [2.75, 3.05) is 12.1 Å². The van der Waals surface area contributed by atoms with E-state index >= 15 is 0 Å². The Morgan fingerprint density at radius 1 is 1.14 bits per heavy atom. The average molecular weight is 496 g/mol. The molecule has 3 heterocycles. The first-order chi connectivity index (χ1) is 16.8. The van der Waals surface area contributed by atoms with E-state index in [1.165, 1.54) is 16.2 Å². The van der Waals surface area contributed by atoms with E-state index in [9.17, 15) is 14.4 Å². The standard InChI is InChI=1S/C26H29N3O5S/c1-14(2)10-19(29-24(31)17-6-4-5-7-18(17)25(29)32)23(30)28-26-27-15(3)22(35-26)12-16-8-9-20-21(11-16)34-13-33-20/h4-5,8-9,11,14,17-19H,6-7,10,12-13H2,1-3H3,(H,27,28,30). The lowest BCUT2D eigenvalue weighted by molar-refractivity contribution is -0.147. The fourth-order valence-electron chi connectivity index (χ4n) is 4.98. The zero-order chi connectivity index (χ0) is 24.7. The van der Waals surface area contributed by atoms with Crippen LogP contribution in [-0.2, 0) is 20.8 Å². The molecule has 3 aliphatic rings. The monoisotopic (exact) mass is 495 g/mol. The number of ether oxygens (including phenoxy) is 2. The van der Waals surface area contributed by atoms with Crippen molar-refractivity contribution in [3.8, 4) is 11.5 Å². The van der Waals surface area contributed by atoms with Gasteiger partial charge in [-0.15, -0.1) is 11.3 Å². The zero-order valence-corrected chi connectivity index (χ0v) is 20.9. The van der Waals surface area contributed by atoms with Crippen LogP contribution >= 0.6 is 11.3 Å². The van der Waals surface area contributed by atoms with Gasteiger partial charge >= 0.3 is 0 Å². The highest BCUT2D eigenvalue weighted by Crippen LogP contribution is 2.38. The Labute approximate surface area is 208 Å². The number of hydrogen-bond donors (Lipinski definition) is 1. The number of aryl methyl sites for hydroxylation is 1. The zero-order valence-electron chi connectivity index (χ0n) is 20.1. The van der Waals surface area contributed by atoms with Crippen LogP contribution in [0.5, 0.6) is 11.5 Å². The molecule has 2 aliphatic heterocycles. The first-order valence-corrected chi connectivity index (χ1v) is 12.8. The van der Waals surface area contributed by atoms with Gasteiger partial charge in [-0.2, -0.15) is 0 Å². The predicted octanol–water partition coefficient (Wildman–Crippen LogP) is 4.08. The fraction of sp³-hybridized carbons (Fsp3) is 0.462. The van der Waals surface area contributed by atoms with Crippen LogP contribution < -0.4 is 14.8 Å². The summed E-state index contributed by atoms with van der Waals surface area (Å²) < 4.78 is 10.8. The van der Waals surface area contributed by atoms with E-state index < -0.39 is 6.04 Å². The van der Waals surface area contributed by atoms with Crippen molar-refractivity contribution >= 4 is 34.2 Å². The van der Waals surface area contributed by atoms with Crippen LogP contribution in [0.3, 0.4) is 0 Å². The smallest absolute Gasteiger partial charge is 0.249 e. The highest BCUT2D eigenvalue weighted by atomic mass is 32.1. The van der Waals surface area contributed by atoms with Crippen LogP contribution in [0.1, 0.15) is 49.2 Å². The van der Waals surface area contributed by atoms with Gasteiger partial charge in [-0.05, 0) is 49.8 Å². The number of thiazole rings is 1. The molecule has 0 saturated carbocycles. The van der Waals surface area contributed by atoms with Crippen molar-refractivity contribution in [3.05, 3.63) is 46.5 Å². The molecular weight excluding hydrogens is 466 g/mol. The van der Waals surface area contributed by atoms with Gasteiger partial charge in [0.15, 0.2) is 16.6 Å². The summed E-state index contributed by atoms with van der Waals surface area (Å²) in [6.45, 7) is 6.10. The molecule has 3 unspecified atom stereocenters. The van der Waals surface area contributed by atoms with E-state index in [1.54, 1.807) is 0 Å². The van der Waals surface area contributed by atoms with E-state index in [-0.39, 0.29) is 42.3 Å². The number of hydrogen-bond acceptors (Lipinski definition) is 7. The number of carbonyl (C=O) groups is 3. The molecule has 3 amide bonds. The molecule has 0 bridgehead atoms. The molecule has 1 saturated heterocycles. The summed E-state index contributed by atoms with van der Waals surface area (Å²) in [4.78, 5) is 46.5. The van der Waals surface area contributed by atoms with Crippen molar-refractivity contribution in [3.63, 3.8) is 0 Å². The maximum absolute atomic E-state index is 13.4. The second-order valence-corrected chi connectivity index (χ2v) is 10.8. The summed E-state index contributed by atoms with van der Waals surface area (Å²) in [6, 6.07) is 4.99. The minimum Gasteiger partial charge on any atom is -0.454 e. The first kappa shape index (κ1) is 23.5. The Morgan fingerprint density at radius 3 is 2.51 bits per heavy atom. The van der Waals surface area contributed by atoms with Crippen LogP contribution in [-0.4, -0.2) is 40.4 Å². The summed E-state index contributed by atoms with van der Waals surface area (Å²) in [5, 5.41) is 3.37. The number of nitrogens with zero attached hydrogens (tertiary/aromatic N) is 2. The molecule has 2 aromatic rings. The number of allylic oxidation sites excluding steroid dienone is 2. The number of imide groups is 1. The molecule has 9 heteroatoms. The normalized spacial score (nSPS) is 21.5. The third-order valence-electron chi connectivity index (χ3n) is 6.78. The number of aromatic nitrogens is 1. The summed E-state index contributed by atoms with van der Waals surface area (Å²) in [5.41, 5.74) is 1.88. The Bertz CT molecular complexity index is 1180. The van der Waals surface area contributed by atoms with E-state index in [1.807, 2.05) is 51.1 Å². The number of anilines is 1. The molecule has 5 rings (SSSR count). The second-order valence-electron chi connectivity index (χ2n) is 9.73. The van der Waals surface area contributed by atoms with Gasteiger partial charge in [0.05, 0.1) is 17.5 Å².